The molecule has 0 fully saturated rings. The number of nitrogens with two attached hydrogens (primary N) is 1. The van der Waals surface area contributed by atoms with E-state index in [0.29, 0.717) is 6.07 Å². The Labute approximate surface area is 199 Å². The number of halogens is 4. The first-order chi connectivity index (χ1) is 17.0. The zero-order valence-corrected chi connectivity index (χ0v) is 17.7. The SMILES string of the molecule is N#Cc1cc(Oc2ccc(NC(=O)Nc3ccc4c(c3)C(F)(F)OC(F)(F)O4)c(C(N)=O)c2)ccn1. The van der Waals surface area contributed by atoms with Gasteiger partial charge in [0, 0.05) is 18.0 Å². The van der Waals surface area contributed by atoms with Crippen LogP contribution in [0.3, 0.4) is 0 Å². The summed E-state index contributed by atoms with van der Waals surface area (Å²) in [4.78, 5) is 28.1. The van der Waals surface area contributed by atoms with Crippen molar-refractivity contribution in [2.75, 3.05) is 10.6 Å². The molecule has 0 saturated carbocycles. The molecule has 0 bridgehead atoms. The van der Waals surface area contributed by atoms with Crippen molar-refractivity contribution >= 4 is 23.3 Å². The van der Waals surface area contributed by atoms with Gasteiger partial charge < -0.3 is 25.8 Å². The van der Waals surface area contributed by atoms with E-state index >= 15 is 0 Å². The quantitative estimate of drug-likeness (QED) is 0.434. The molecule has 4 rings (SSSR count). The molecular weight excluding hydrogens is 490 g/mol. The van der Waals surface area contributed by atoms with Crippen molar-refractivity contribution in [2.45, 2.75) is 12.4 Å². The minimum absolute atomic E-state index is 0.0469. The van der Waals surface area contributed by atoms with Crippen molar-refractivity contribution in [1.82, 2.24) is 4.98 Å². The Kier molecular flexibility index (Phi) is 6.08. The van der Waals surface area contributed by atoms with E-state index in [9.17, 15) is 27.2 Å². The van der Waals surface area contributed by atoms with Crippen LogP contribution in [-0.4, -0.2) is 23.2 Å². The van der Waals surface area contributed by atoms with Gasteiger partial charge in [0.1, 0.15) is 29.0 Å². The lowest BCUT2D eigenvalue weighted by molar-refractivity contribution is -0.461. The summed E-state index contributed by atoms with van der Waals surface area (Å²) < 4.78 is 67.2. The highest BCUT2D eigenvalue weighted by molar-refractivity contribution is 6.06. The number of carbonyl (C=O) groups excluding carboxylic acids is 2. The number of urea groups is 1. The van der Waals surface area contributed by atoms with Crippen LogP contribution in [-0.2, 0) is 10.8 Å². The van der Waals surface area contributed by atoms with E-state index in [1.54, 1.807) is 0 Å². The fourth-order valence-corrected chi connectivity index (χ4v) is 3.13. The van der Waals surface area contributed by atoms with Crippen molar-refractivity contribution in [3.63, 3.8) is 0 Å². The second-order valence-electron chi connectivity index (χ2n) is 7.14. The van der Waals surface area contributed by atoms with E-state index in [4.69, 9.17) is 15.7 Å². The van der Waals surface area contributed by atoms with E-state index in [1.807, 2.05) is 6.07 Å². The largest absolute Gasteiger partial charge is 0.540 e. The predicted octanol–water partition coefficient (Wildman–Crippen LogP) is 4.50. The molecule has 0 saturated heterocycles. The molecule has 14 heteroatoms. The molecule has 0 radical (unpaired) electrons. The second-order valence-corrected chi connectivity index (χ2v) is 7.14. The van der Waals surface area contributed by atoms with Crippen LogP contribution in [0.4, 0.5) is 33.7 Å². The maximum absolute atomic E-state index is 13.9. The molecule has 0 unspecified atom stereocenters. The van der Waals surface area contributed by atoms with E-state index in [2.05, 4.69) is 25.1 Å². The average molecular weight is 503 g/mol. The number of primary amides is 1. The lowest BCUT2D eigenvalue weighted by Crippen LogP contribution is -2.41. The maximum Gasteiger partial charge on any atom is 0.540 e. The number of ether oxygens (including phenoxy) is 3. The second kappa shape index (κ2) is 9.04. The molecule has 2 heterocycles. The van der Waals surface area contributed by atoms with Gasteiger partial charge in [0.15, 0.2) is 0 Å². The van der Waals surface area contributed by atoms with Crippen LogP contribution in [0, 0.1) is 11.3 Å². The van der Waals surface area contributed by atoms with Crippen molar-refractivity contribution in [3.05, 3.63) is 71.5 Å². The molecule has 0 atom stereocenters. The molecule has 36 heavy (non-hydrogen) atoms. The molecule has 3 aromatic rings. The summed E-state index contributed by atoms with van der Waals surface area (Å²) in [6.07, 6.45) is -7.56. The zero-order chi connectivity index (χ0) is 26.1. The number of nitrogens with zero attached hydrogens (tertiary/aromatic N) is 2. The van der Waals surface area contributed by atoms with Gasteiger partial charge in [0.05, 0.1) is 16.8 Å². The lowest BCUT2D eigenvalue weighted by atomic mass is 10.1. The maximum atomic E-state index is 13.9. The van der Waals surface area contributed by atoms with Gasteiger partial charge in [-0.2, -0.15) is 14.0 Å². The van der Waals surface area contributed by atoms with Gasteiger partial charge in [-0.1, -0.05) is 0 Å². The van der Waals surface area contributed by atoms with Crippen LogP contribution in [0.25, 0.3) is 0 Å². The third kappa shape index (κ3) is 5.26. The molecule has 184 valence electrons. The molecule has 0 aliphatic carbocycles. The van der Waals surface area contributed by atoms with E-state index in [-0.39, 0.29) is 34.1 Å². The first-order valence-electron chi connectivity index (χ1n) is 9.81. The third-order valence-corrected chi connectivity index (χ3v) is 4.61. The lowest BCUT2D eigenvalue weighted by Gasteiger charge is -2.30. The number of fused-ring (bicyclic) bond motifs is 1. The fraction of sp³-hybridized carbons (Fsp3) is 0.0909. The predicted molar refractivity (Wildman–Crippen MR) is 114 cm³/mol. The third-order valence-electron chi connectivity index (χ3n) is 4.61. The van der Waals surface area contributed by atoms with Gasteiger partial charge in [0.25, 0.3) is 5.91 Å². The van der Waals surface area contributed by atoms with Crippen molar-refractivity contribution in [2.24, 2.45) is 5.73 Å². The van der Waals surface area contributed by atoms with E-state index < -0.39 is 35.7 Å². The summed E-state index contributed by atoms with van der Waals surface area (Å²) in [6.45, 7) is 0. The van der Waals surface area contributed by atoms with E-state index in [1.165, 1.54) is 36.5 Å². The first kappa shape index (κ1) is 24.2. The highest BCUT2D eigenvalue weighted by Gasteiger charge is 2.54. The highest BCUT2D eigenvalue weighted by Crippen LogP contribution is 2.46. The van der Waals surface area contributed by atoms with E-state index in [0.717, 1.165) is 12.1 Å². The van der Waals surface area contributed by atoms with Gasteiger partial charge in [-0.25, -0.2) is 14.5 Å². The number of benzene rings is 2. The highest BCUT2D eigenvalue weighted by atomic mass is 19.3. The number of hydrogen-bond donors (Lipinski definition) is 3. The number of alkyl halides is 4. The van der Waals surface area contributed by atoms with Gasteiger partial charge in [-0.05, 0) is 42.5 Å². The molecule has 2 aromatic carbocycles. The molecule has 3 amide bonds. The van der Waals surface area contributed by atoms with Crippen LogP contribution in [0.5, 0.6) is 17.2 Å². The molecule has 1 aliphatic rings. The van der Waals surface area contributed by atoms with Crippen LogP contribution in [0.2, 0.25) is 0 Å². The topological polar surface area (TPSA) is 149 Å². The molecule has 1 aliphatic heterocycles. The fourth-order valence-electron chi connectivity index (χ4n) is 3.13. The van der Waals surface area contributed by atoms with Gasteiger partial charge in [-0.15, -0.1) is 8.78 Å². The van der Waals surface area contributed by atoms with Gasteiger partial charge in [0.2, 0.25) is 0 Å². The number of hydrogen-bond acceptors (Lipinski definition) is 7. The summed E-state index contributed by atoms with van der Waals surface area (Å²) in [7, 11) is 0. The van der Waals surface area contributed by atoms with Crippen molar-refractivity contribution in [1.29, 1.82) is 5.26 Å². The minimum Gasteiger partial charge on any atom is -0.457 e. The van der Waals surface area contributed by atoms with Crippen LogP contribution < -0.4 is 25.8 Å². The Morgan fingerprint density at radius 2 is 1.78 bits per heavy atom. The number of amides is 3. The number of aromatic nitrogens is 1. The number of rotatable bonds is 5. The number of anilines is 2. The molecule has 4 N–H and O–H groups in total. The number of pyridine rings is 1. The summed E-state index contributed by atoms with van der Waals surface area (Å²) >= 11 is 0. The van der Waals surface area contributed by atoms with Crippen molar-refractivity contribution in [3.8, 4) is 23.3 Å². The Morgan fingerprint density at radius 1 is 1.03 bits per heavy atom. The van der Waals surface area contributed by atoms with Gasteiger partial charge in [-0.3, -0.25) is 4.79 Å². The Bertz CT molecular complexity index is 1410. The zero-order valence-electron chi connectivity index (χ0n) is 17.7. The normalized spacial score (nSPS) is 15.0. The summed E-state index contributed by atoms with van der Waals surface area (Å²) in [5.41, 5.74) is 4.05. The molecule has 0 spiro atoms. The first-order valence-corrected chi connectivity index (χ1v) is 9.81. The smallest absolute Gasteiger partial charge is 0.457 e. The Hall–Kier alpha value is -4.90. The summed E-state index contributed by atoms with van der Waals surface area (Å²) in [6, 6.07) is 10.2. The number of nitrogens with one attached hydrogen (secondary N) is 2. The minimum atomic E-state index is -4.53. The standard InChI is InChI=1S/C22H13F4N5O5/c23-21(24)16-8-11(1-4-18(16)35-22(25,26)36-21)30-20(33)31-17-3-2-13(9-15(17)19(28)32)34-14-5-6-29-12(7-14)10-27/h1-9H,(H2,28,32)(H2,30,31,33). The Balaban J connectivity index is 1.51. The Morgan fingerprint density at radius 3 is 2.50 bits per heavy atom. The summed E-state index contributed by atoms with van der Waals surface area (Å²) in [5, 5.41) is 13.5. The van der Waals surface area contributed by atoms with Crippen molar-refractivity contribution < 1.29 is 41.4 Å². The average Bonchev–Trinajstić information content (AvgIpc) is 2.79. The molecule has 1 aromatic heterocycles. The van der Waals surface area contributed by atoms with Gasteiger partial charge >= 0.3 is 18.4 Å². The van der Waals surface area contributed by atoms with Crippen LogP contribution in [0.1, 0.15) is 21.6 Å². The van der Waals surface area contributed by atoms with Crippen LogP contribution in [0.15, 0.2) is 54.7 Å². The number of carbonyl (C=O) groups is 2. The molecule has 10 nitrogen and oxygen atoms in total. The van der Waals surface area contributed by atoms with Crippen LogP contribution >= 0.6 is 0 Å². The number of nitriles is 1. The molecular formula is C22H13F4N5O5. The summed E-state index contributed by atoms with van der Waals surface area (Å²) in [5.74, 6) is -1.35. The monoisotopic (exact) mass is 503 g/mol.